The molecule has 90 valence electrons. The Balaban J connectivity index is 2.11. The Morgan fingerprint density at radius 1 is 1.35 bits per heavy atom. The Bertz CT molecular complexity index is 469. The lowest BCUT2D eigenvalue weighted by Gasteiger charge is -2.10. The number of hydrogen-bond donors (Lipinski definition) is 2. The van der Waals surface area contributed by atoms with Crippen molar-refractivity contribution in [3.05, 3.63) is 28.5 Å². The maximum absolute atomic E-state index is 5.85. The van der Waals surface area contributed by atoms with E-state index in [0.29, 0.717) is 12.4 Å². The topological polar surface area (TPSA) is 76.7 Å². The first-order valence-corrected chi connectivity index (χ1v) is 6.40. The number of thiazole rings is 1. The van der Waals surface area contributed by atoms with Gasteiger partial charge in [-0.25, -0.2) is 15.0 Å². The molecule has 0 fully saturated rings. The molecule has 0 bridgehead atoms. The fourth-order valence-corrected chi connectivity index (χ4v) is 2.13. The Hall–Kier alpha value is -1.69. The highest BCUT2D eigenvalue weighted by atomic mass is 32.1. The molecule has 0 aliphatic heterocycles. The lowest BCUT2D eigenvalue weighted by atomic mass is 10.1. The average Bonchev–Trinajstić information content (AvgIpc) is 2.83. The molecule has 0 saturated heterocycles. The van der Waals surface area contributed by atoms with Gasteiger partial charge in [0.2, 0.25) is 0 Å². The van der Waals surface area contributed by atoms with Crippen LogP contribution in [0.4, 0.5) is 11.6 Å². The highest BCUT2D eigenvalue weighted by molar-refractivity contribution is 7.09. The predicted molar refractivity (Wildman–Crippen MR) is 69.9 cm³/mol. The summed E-state index contributed by atoms with van der Waals surface area (Å²) in [6.07, 6.45) is 5.18. The molecule has 0 spiro atoms. The van der Waals surface area contributed by atoms with Crippen molar-refractivity contribution < 1.29 is 0 Å². The van der Waals surface area contributed by atoms with Crippen LogP contribution in [0.15, 0.2) is 17.9 Å². The van der Waals surface area contributed by atoms with Crippen molar-refractivity contribution in [2.75, 3.05) is 11.1 Å². The number of hydrogen-bond acceptors (Lipinski definition) is 6. The van der Waals surface area contributed by atoms with E-state index < -0.39 is 0 Å². The van der Waals surface area contributed by atoms with Crippen molar-refractivity contribution in [3.63, 3.8) is 0 Å². The predicted octanol–water partition coefficient (Wildman–Crippen LogP) is 2.08. The molecule has 5 nitrogen and oxygen atoms in total. The molecule has 0 atom stereocenters. The number of anilines is 2. The van der Waals surface area contributed by atoms with Crippen molar-refractivity contribution in [3.8, 4) is 0 Å². The van der Waals surface area contributed by atoms with E-state index in [0.717, 1.165) is 29.2 Å². The monoisotopic (exact) mass is 249 g/mol. The minimum atomic E-state index is 0.559. The number of nitrogens with one attached hydrogen (secondary N) is 1. The maximum Gasteiger partial charge on any atom is 0.135 e. The number of rotatable bonds is 5. The van der Waals surface area contributed by atoms with Crippen molar-refractivity contribution >= 4 is 23.0 Å². The van der Waals surface area contributed by atoms with Crippen molar-refractivity contribution in [2.24, 2.45) is 0 Å². The second-order valence-corrected chi connectivity index (χ2v) is 4.59. The van der Waals surface area contributed by atoms with Gasteiger partial charge in [-0.15, -0.1) is 11.3 Å². The first-order chi connectivity index (χ1) is 8.31. The van der Waals surface area contributed by atoms with E-state index in [4.69, 9.17) is 5.73 Å². The van der Waals surface area contributed by atoms with Crippen LogP contribution in [-0.2, 0) is 13.0 Å². The molecule has 2 heterocycles. The van der Waals surface area contributed by atoms with Crippen molar-refractivity contribution in [2.45, 2.75) is 26.3 Å². The molecule has 2 aromatic heterocycles. The summed E-state index contributed by atoms with van der Waals surface area (Å²) in [5.74, 6) is 1.37. The Labute approximate surface area is 104 Å². The lowest BCUT2D eigenvalue weighted by molar-refractivity contribution is 0.901. The van der Waals surface area contributed by atoms with E-state index in [9.17, 15) is 0 Å². The molecule has 2 aromatic rings. The fourth-order valence-electron chi connectivity index (χ4n) is 1.57. The van der Waals surface area contributed by atoms with Crippen LogP contribution in [0.25, 0.3) is 0 Å². The molecule has 0 aromatic carbocycles. The van der Waals surface area contributed by atoms with Gasteiger partial charge in [0.25, 0.3) is 0 Å². The van der Waals surface area contributed by atoms with Crippen LogP contribution in [0.1, 0.15) is 23.9 Å². The van der Waals surface area contributed by atoms with Crippen LogP contribution in [0.3, 0.4) is 0 Å². The zero-order valence-electron chi connectivity index (χ0n) is 9.68. The quantitative estimate of drug-likeness (QED) is 0.848. The summed E-state index contributed by atoms with van der Waals surface area (Å²) in [5.41, 5.74) is 6.84. The summed E-state index contributed by atoms with van der Waals surface area (Å²) in [5, 5.41) is 6.25. The van der Waals surface area contributed by atoms with Gasteiger partial charge in [-0.3, -0.25) is 0 Å². The molecule has 17 heavy (non-hydrogen) atoms. The van der Waals surface area contributed by atoms with Crippen LogP contribution in [0, 0.1) is 0 Å². The number of nitrogens with two attached hydrogens (primary N) is 1. The number of nitrogens with zero attached hydrogens (tertiary/aromatic N) is 3. The van der Waals surface area contributed by atoms with Crippen LogP contribution < -0.4 is 11.1 Å². The molecule has 3 N–H and O–H groups in total. The van der Waals surface area contributed by atoms with E-state index in [1.807, 2.05) is 5.38 Å². The smallest absolute Gasteiger partial charge is 0.135 e. The standard InChI is InChI=1S/C11H15N5S/c1-2-3-8-10(12)15-7-16-11(8)14-6-9-13-4-5-17-9/h4-5,7H,2-3,6H2,1H3,(H3,12,14,15,16). The van der Waals surface area contributed by atoms with E-state index in [-0.39, 0.29) is 0 Å². The van der Waals surface area contributed by atoms with E-state index in [1.165, 1.54) is 6.33 Å². The molecular weight excluding hydrogens is 234 g/mol. The summed E-state index contributed by atoms with van der Waals surface area (Å²) in [6.45, 7) is 2.78. The molecular formula is C11H15N5S. The molecule has 0 radical (unpaired) electrons. The highest BCUT2D eigenvalue weighted by Gasteiger charge is 2.08. The molecule has 0 amide bonds. The molecule has 2 rings (SSSR count). The second kappa shape index (κ2) is 5.58. The van der Waals surface area contributed by atoms with Gasteiger partial charge >= 0.3 is 0 Å². The van der Waals surface area contributed by atoms with Gasteiger partial charge in [0.1, 0.15) is 23.0 Å². The van der Waals surface area contributed by atoms with Crippen molar-refractivity contribution in [1.29, 1.82) is 0 Å². The van der Waals surface area contributed by atoms with Crippen LogP contribution >= 0.6 is 11.3 Å². The third kappa shape index (κ3) is 2.91. The highest BCUT2D eigenvalue weighted by Crippen LogP contribution is 2.19. The fraction of sp³-hybridized carbons (Fsp3) is 0.364. The molecule has 0 aliphatic rings. The van der Waals surface area contributed by atoms with Gasteiger partial charge in [0, 0.05) is 17.1 Å². The molecule has 6 heteroatoms. The van der Waals surface area contributed by atoms with Gasteiger partial charge in [-0.1, -0.05) is 13.3 Å². The van der Waals surface area contributed by atoms with Gasteiger partial charge in [-0.05, 0) is 6.42 Å². The van der Waals surface area contributed by atoms with E-state index in [1.54, 1.807) is 17.5 Å². The van der Waals surface area contributed by atoms with Gasteiger partial charge < -0.3 is 11.1 Å². The third-order valence-electron chi connectivity index (χ3n) is 2.37. The maximum atomic E-state index is 5.85. The first-order valence-electron chi connectivity index (χ1n) is 5.53. The summed E-state index contributed by atoms with van der Waals surface area (Å²) in [4.78, 5) is 12.5. The minimum Gasteiger partial charge on any atom is -0.383 e. The number of aromatic nitrogens is 3. The first kappa shape index (κ1) is 11.8. The van der Waals surface area contributed by atoms with Crippen LogP contribution in [0.5, 0.6) is 0 Å². The van der Waals surface area contributed by atoms with Gasteiger partial charge in [0.05, 0.1) is 6.54 Å². The summed E-state index contributed by atoms with van der Waals surface area (Å²) in [6, 6.07) is 0. The Kier molecular flexibility index (Phi) is 3.87. The largest absolute Gasteiger partial charge is 0.383 e. The molecule has 0 aliphatic carbocycles. The Morgan fingerprint density at radius 3 is 2.94 bits per heavy atom. The summed E-state index contributed by atoms with van der Waals surface area (Å²) in [7, 11) is 0. The van der Waals surface area contributed by atoms with E-state index in [2.05, 4.69) is 27.2 Å². The molecule has 0 unspecified atom stereocenters. The second-order valence-electron chi connectivity index (χ2n) is 3.62. The Morgan fingerprint density at radius 2 is 2.24 bits per heavy atom. The SMILES string of the molecule is CCCc1c(N)ncnc1NCc1nccs1. The van der Waals surface area contributed by atoms with Gasteiger partial charge in [-0.2, -0.15) is 0 Å². The number of nitrogen functional groups attached to an aromatic ring is 1. The van der Waals surface area contributed by atoms with Gasteiger partial charge in [0.15, 0.2) is 0 Å². The normalized spacial score (nSPS) is 10.4. The van der Waals surface area contributed by atoms with E-state index >= 15 is 0 Å². The minimum absolute atomic E-state index is 0.559. The van der Waals surface area contributed by atoms with Crippen LogP contribution in [0.2, 0.25) is 0 Å². The summed E-state index contributed by atoms with van der Waals surface area (Å²) < 4.78 is 0. The molecule has 0 saturated carbocycles. The third-order valence-corrected chi connectivity index (χ3v) is 3.15. The zero-order valence-corrected chi connectivity index (χ0v) is 10.5. The zero-order chi connectivity index (χ0) is 12.1. The van der Waals surface area contributed by atoms with Crippen LogP contribution in [-0.4, -0.2) is 15.0 Å². The lowest BCUT2D eigenvalue weighted by Crippen LogP contribution is -2.08. The summed E-state index contributed by atoms with van der Waals surface area (Å²) >= 11 is 1.62. The van der Waals surface area contributed by atoms with Crippen molar-refractivity contribution in [1.82, 2.24) is 15.0 Å². The average molecular weight is 249 g/mol.